The Kier molecular flexibility index (Phi) is 3.41. The molecule has 16 heavy (non-hydrogen) atoms. The minimum absolute atomic E-state index is 0.402. The van der Waals surface area contributed by atoms with Crippen molar-refractivity contribution in [3.8, 4) is 0 Å². The van der Waals surface area contributed by atoms with Crippen LogP contribution in [0.2, 0.25) is 0 Å². The molecule has 0 fully saturated rings. The van der Waals surface area contributed by atoms with Crippen LogP contribution in [0.1, 0.15) is 29.1 Å². The average Bonchev–Trinajstić information content (AvgIpc) is 2.84. The van der Waals surface area contributed by atoms with E-state index in [1.54, 1.807) is 11.3 Å². The first kappa shape index (κ1) is 11.4. The standard InChI is InChI=1S/C12H17N3S/c1-9-11(8-15(3)14-9)7-13-10(2)12-5-4-6-16-12/h4-6,8,10,13H,7H2,1-3H3/t10-/m0/s1. The van der Waals surface area contributed by atoms with Crippen LogP contribution < -0.4 is 5.32 Å². The first-order chi connectivity index (χ1) is 7.66. The fourth-order valence-electron chi connectivity index (χ4n) is 1.72. The zero-order valence-electron chi connectivity index (χ0n) is 9.90. The molecule has 1 atom stereocenters. The molecule has 2 rings (SSSR count). The number of rotatable bonds is 4. The van der Waals surface area contributed by atoms with Gasteiger partial charge in [-0.2, -0.15) is 5.10 Å². The summed E-state index contributed by atoms with van der Waals surface area (Å²) in [5, 5.41) is 9.96. The zero-order chi connectivity index (χ0) is 11.5. The zero-order valence-corrected chi connectivity index (χ0v) is 10.7. The molecule has 0 bridgehead atoms. The average molecular weight is 235 g/mol. The highest BCUT2D eigenvalue weighted by atomic mass is 32.1. The lowest BCUT2D eigenvalue weighted by atomic mass is 10.2. The van der Waals surface area contributed by atoms with Crippen molar-refractivity contribution in [2.45, 2.75) is 26.4 Å². The maximum Gasteiger partial charge on any atom is 0.0638 e. The van der Waals surface area contributed by atoms with E-state index in [-0.39, 0.29) is 0 Å². The molecule has 0 aromatic carbocycles. The molecule has 0 saturated carbocycles. The van der Waals surface area contributed by atoms with E-state index in [0.717, 1.165) is 12.2 Å². The highest BCUT2D eigenvalue weighted by Crippen LogP contribution is 2.18. The van der Waals surface area contributed by atoms with Gasteiger partial charge in [-0.3, -0.25) is 4.68 Å². The lowest BCUT2D eigenvalue weighted by molar-refractivity contribution is 0.581. The lowest BCUT2D eigenvalue weighted by Crippen LogP contribution is -2.17. The van der Waals surface area contributed by atoms with Gasteiger partial charge in [0.15, 0.2) is 0 Å². The first-order valence-electron chi connectivity index (χ1n) is 5.42. The van der Waals surface area contributed by atoms with Gasteiger partial charge >= 0.3 is 0 Å². The van der Waals surface area contributed by atoms with E-state index in [1.807, 2.05) is 18.7 Å². The molecule has 4 heteroatoms. The molecule has 0 saturated heterocycles. The Labute approximate surface area is 100 Å². The van der Waals surface area contributed by atoms with Crippen molar-refractivity contribution in [2.75, 3.05) is 0 Å². The summed E-state index contributed by atoms with van der Waals surface area (Å²) in [6, 6.07) is 4.66. The van der Waals surface area contributed by atoms with Crippen molar-refractivity contribution >= 4 is 11.3 Å². The van der Waals surface area contributed by atoms with Crippen LogP contribution in [0.3, 0.4) is 0 Å². The number of hydrogen-bond donors (Lipinski definition) is 1. The minimum atomic E-state index is 0.402. The molecule has 0 radical (unpaired) electrons. The van der Waals surface area contributed by atoms with E-state index in [1.165, 1.54) is 10.4 Å². The third-order valence-corrected chi connectivity index (χ3v) is 3.74. The molecular formula is C12H17N3S. The summed E-state index contributed by atoms with van der Waals surface area (Å²) in [5.41, 5.74) is 2.37. The maximum absolute atomic E-state index is 4.33. The van der Waals surface area contributed by atoms with Gasteiger partial charge in [-0.1, -0.05) is 6.07 Å². The van der Waals surface area contributed by atoms with Gasteiger partial charge in [-0.15, -0.1) is 11.3 Å². The number of hydrogen-bond acceptors (Lipinski definition) is 3. The molecule has 1 N–H and O–H groups in total. The number of aryl methyl sites for hydroxylation is 2. The third-order valence-electron chi connectivity index (χ3n) is 2.68. The summed E-state index contributed by atoms with van der Waals surface area (Å²) in [7, 11) is 1.96. The third kappa shape index (κ3) is 2.51. The summed E-state index contributed by atoms with van der Waals surface area (Å²) in [6.45, 7) is 5.11. The van der Waals surface area contributed by atoms with Gasteiger partial charge in [-0.25, -0.2) is 0 Å². The van der Waals surface area contributed by atoms with E-state index in [0.29, 0.717) is 6.04 Å². The molecule has 3 nitrogen and oxygen atoms in total. The molecule has 0 aliphatic rings. The summed E-state index contributed by atoms with van der Waals surface area (Å²) in [6.07, 6.45) is 2.07. The van der Waals surface area contributed by atoms with Gasteiger partial charge in [0.05, 0.1) is 5.69 Å². The highest BCUT2D eigenvalue weighted by molar-refractivity contribution is 7.10. The van der Waals surface area contributed by atoms with Crippen molar-refractivity contribution in [3.63, 3.8) is 0 Å². The lowest BCUT2D eigenvalue weighted by Gasteiger charge is -2.11. The fraction of sp³-hybridized carbons (Fsp3) is 0.417. The van der Waals surface area contributed by atoms with Crippen LogP contribution in [0.5, 0.6) is 0 Å². The van der Waals surface area contributed by atoms with Gasteiger partial charge in [-0.05, 0) is 25.3 Å². The van der Waals surface area contributed by atoms with Crippen LogP contribution in [0.4, 0.5) is 0 Å². The van der Waals surface area contributed by atoms with Crippen molar-refractivity contribution in [1.82, 2.24) is 15.1 Å². The molecular weight excluding hydrogens is 218 g/mol. The van der Waals surface area contributed by atoms with E-state index in [2.05, 4.69) is 41.0 Å². The molecule has 0 aliphatic heterocycles. The summed E-state index contributed by atoms with van der Waals surface area (Å²) in [5.74, 6) is 0. The van der Waals surface area contributed by atoms with Gasteiger partial charge in [0.1, 0.15) is 0 Å². The molecule has 2 aromatic rings. The predicted octanol–water partition coefficient (Wildman–Crippen LogP) is 2.64. The van der Waals surface area contributed by atoms with Gasteiger partial charge < -0.3 is 5.32 Å². The molecule has 0 aliphatic carbocycles. The number of aromatic nitrogens is 2. The van der Waals surface area contributed by atoms with Crippen LogP contribution in [-0.4, -0.2) is 9.78 Å². The fourth-order valence-corrected chi connectivity index (χ4v) is 2.48. The van der Waals surface area contributed by atoms with Crippen LogP contribution in [0.15, 0.2) is 23.7 Å². The van der Waals surface area contributed by atoms with Crippen LogP contribution in [-0.2, 0) is 13.6 Å². The van der Waals surface area contributed by atoms with Gasteiger partial charge in [0, 0.05) is 36.3 Å². The Morgan fingerprint density at radius 2 is 2.38 bits per heavy atom. The number of nitrogens with one attached hydrogen (secondary N) is 1. The van der Waals surface area contributed by atoms with Crippen molar-refractivity contribution < 1.29 is 0 Å². The number of nitrogens with zero attached hydrogens (tertiary/aromatic N) is 2. The monoisotopic (exact) mass is 235 g/mol. The first-order valence-corrected chi connectivity index (χ1v) is 6.30. The van der Waals surface area contributed by atoms with E-state index < -0.39 is 0 Å². The van der Waals surface area contributed by atoms with Crippen LogP contribution >= 0.6 is 11.3 Å². The summed E-state index contributed by atoms with van der Waals surface area (Å²) in [4.78, 5) is 1.38. The highest BCUT2D eigenvalue weighted by Gasteiger charge is 2.07. The van der Waals surface area contributed by atoms with Crippen molar-refractivity contribution in [2.24, 2.45) is 7.05 Å². The second kappa shape index (κ2) is 4.80. The van der Waals surface area contributed by atoms with E-state index in [9.17, 15) is 0 Å². The Hall–Kier alpha value is -1.13. The molecule has 86 valence electrons. The Balaban J connectivity index is 1.95. The molecule has 0 amide bonds. The molecule has 0 spiro atoms. The Morgan fingerprint density at radius 3 is 2.94 bits per heavy atom. The SMILES string of the molecule is Cc1nn(C)cc1CN[C@@H](C)c1cccs1. The van der Waals surface area contributed by atoms with Crippen LogP contribution in [0.25, 0.3) is 0 Å². The summed E-state index contributed by atoms with van der Waals surface area (Å²) < 4.78 is 1.86. The second-order valence-corrected chi connectivity index (χ2v) is 5.01. The second-order valence-electron chi connectivity index (χ2n) is 4.03. The van der Waals surface area contributed by atoms with Crippen molar-refractivity contribution in [3.05, 3.63) is 39.8 Å². The van der Waals surface area contributed by atoms with Gasteiger partial charge in [0.25, 0.3) is 0 Å². The molecule has 2 heterocycles. The molecule has 0 unspecified atom stereocenters. The predicted molar refractivity (Wildman–Crippen MR) is 67.5 cm³/mol. The van der Waals surface area contributed by atoms with Gasteiger partial charge in [0.2, 0.25) is 0 Å². The molecule has 2 aromatic heterocycles. The normalized spacial score (nSPS) is 12.9. The smallest absolute Gasteiger partial charge is 0.0638 e. The van der Waals surface area contributed by atoms with Crippen molar-refractivity contribution in [1.29, 1.82) is 0 Å². The largest absolute Gasteiger partial charge is 0.305 e. The minimum Gasteiger partial charge on any atom is -0.305 e. The van der Waals surface area contributed by atoms with Crippen LogP contribution in [0, 0.1) is 6.92 Å². The topological polar surface area (TPSA) is 29.9 Å². The quantitative estimate of drug-likeness (QED) is 0.883. The van der Waals surface area contributed by atoms with E-state index >= 15 is 0 Å². The Morgan fingerprint density at radius 1 is 1.56 bits per heavy atom. The summed E-state index contributed by atoms with van der Waals surface area (Å²) >= 11 is 1.79. The number of thiophene rings is 1. The Bertz CT molecular complexity index is 445. The van der Waals surface area contributed by atoms with E-state index in [4.69, 9.17) is 0 Å². The maximum atomic E-state index is 4.33.